The van der Waals surface area contributed by atoms with Crippen LogP contribution in [0.5, 0.6) is 5.75 Å². The van der Waals surface area contributed by atoms with Crippen molar-refractivity contribution in [1.29, 1.82) is 0 Å². The van der Waals surface area contributed by atoms with Crippen molar-refractivity contribution in [1.82, 2.24) is 4.90 Å². The lowest BCUT2D eigenvalue weighted by molar-refractivity contribution is -0.137. The molecule has 1 aromatic carbocycles. The number of carboxylic acid groups (broad SMARTS) is 1. The van der Waals surface area contributed by atoms with Crippen molar-refractivity contribution < 1.29 is 24.2 Å². The van der Waals surface area contributed by atoms with E-state index in [-0.39, 0.29) is 23.7 Å². The van der Waals surface area contributed by atoms with Crippen molar-refractivity contribution in [3.05, 3.63) is 29.6 Å². The number of carboxylic acids is 1. The molecule has 1 aliphatic heterocycles. The molecule has 2 N–H and O–H groups in total. The number of carbonyl (C=O) groups is 2. The molecule has 1 heterocycles. The molecule has 1 aromatic rings. The SMILES string of the molecule is O=C(O)CCC1CCN(C(=O)c2c(O)cccc2F)CC1. The average Bonchev–Trinajstić information content (AvgIpc) is 2.45. The van der Waals surface area contributed by atoms with Gasteiger partial charge in [-0.15, -0.1) is 0 Å². The summed E-state index contributed by atoms with van der Waals surface area (Å²) >= 11 is 0. The minimum Gasteiger partial charge on any atom is -0.507 e. The Bertz CT molecular complexity index is 518. The number of amides is 1. The van der Waals surface area contributed by atoms with E-state index in [9.17, 15) is 19.1 Å². The zero-order valence-electron chi connectivity index (χ0n) is 11.6. The number of benzene rings is 1. The number of rotatable bonds is 4. The van der Waals surface area contributed by atoms with Crippen LogP contribution in [0.25, 0.3) is 0 Å². The lowest BCUT2D eigenvalue weighted by Crippen LogP contribution is -2.39. The maximum absolute atomic E-state index is 13.7. The first kappa shape index (κ1) is 15.3. The van der Waals surface area contributed by atoms with E-state index < -0.39 is 17.7 Å². The Morgan fingerprint density at radius 1 is 1.29 bits per heavy atom. The van der Waals surface area contributed by atoms with E-state index in [0.717, 1.165) is 6.07 Å². The van der Waals surface area contributed by atoms with Crippen molar-refractivity contribution in [2.45, 2.75) is 25.7 Å². The van der Waals surface area contributed by atoms with E-state index in [2.05, 4.69) is 0 Å². The summed E-state index contributed by atoms with van der Waals surface area (Å²) in [4.78, 5) is 24.3. The Labute approximate surface area is 122 Å². The average molecular weight is 295 g/mol. The van der Waals surface area contributed by atoms with E-state index >= 15 is 0 Å². The van der Waals surface area contributed by atoms with Crippen LogP contribution in [-0.2, 0) is 4.79 Å². The van der Waals surface area contributed by atoms with Gasteiger partial charge in [0.2, 0.25) is 0 Å². The number of carbonyl (C=O) groups excluding carboxylic acids is 1. The predicted molar refractivity (Wildman–Crippen MR) is 73.6 cm³/mol. The smallest absolute Gasteiger partial charge is 0.303 e. The van der Waals surface area contributed by atoms with E-state index in [4.69, 9.17) is 5.11 Å². The first-order valence-electron chi connectivity index (χ1n) is 6.97. The molecule has 0 atom stereocenters. The van der Waals surface area contributed by atoms with Gasteiger partial charge in [0.15, 0.2) is 0 Å². The molecule has 0 unspecified atom stereocenters. The van der Waals surface area contributed by atoms with Gasteiger partial charge < -0.3 is 15.1 Å². The molecule has 0 radical (unpaired) electrons. The van der Waals surface area contributed by atoms with Crippen LogP contribution in [0.3, 0.4) is 0 Å². The highest BCUT2D eigenvalue weighted by atomic mass is 19.1. The molecular formula is C15H18FNO4. The monoisotopic (exact) mass is 295 g/mol. The molecule has 1 amide bonds. The first-order chi connectivity index (χ1) is 9.99. The summed E-state index contributed by atoms with van der Waals surface area (Å²) in [5, 5.41) is 18.3. The van der Waals surface area contributed by atoms with Gasteiger partial charge in [-0.25, -0.2) is 4.39 Å². The van der Waals surface area contributed by atoms with Gasteiger partial charge in [-0.2, -0.15) is 0 Å². The zero-order valence-corrected chi connectivity index (χ0v) is 11.6. The molecule has 0 spiro atoms. The van der Waals surface area contributed by atoms with Gasteiger partial charge in [0, 0.05) is 19.5 Å². The molecule has 6 heteroatoms. The van der Waals surface area contributed by atoms with E-state index in [1.165, 1.54) is 17.0 Å². The van der Waals surface area contributed by atoms with Crippen LogP contribution in [0.1, 0.15) is 36.0 Å². The van der Waals surface area contributed by atoms with Crippen molar-refractivity contribution in [2.24, 2.45) is 5.92 Å². The number of phenolic OH excluding ortho intramolecular Hbond substituents is 1. The van der Waals surface area contributed by atoms with E-state index in [0.29, 0.717) is 32.4 Å². The lowest BCUT2D eigenvalue weighted by Gasteiger charge is -2.32. The number of hydrogen-bond acceptors (Lipinski definition) is 3. The molecule has 5 nitrogen and oxygen atoms in total. The summed E-state index contributed by atoms with van der Waals surface area (Å²) in [7, 11) is 0. The number of aromatic hydroxyl groups is 1. The molecule has 0 saturated carbocycles. The van der Waals surface area contributed by atoms with Crippen LogP contribution >= 0.6 is 0 Å². The number of nitrogens with zero attached hydrogens (tertiary/aromatic N) is 1. The maximum atomic E-state index is 13.7. The number of halogens is 1. The van der Waals surface area contributed by atoms with E-state index in [1.807, 2.05) is 0 Å². The third-order valence-electron chi connectivity index (χ3n) is 3.87. The third kappa shape index (κ3) is 3.71. The van der Waals surface area contributed by atoms with Gasteiger partial charge in [0.25, 0.3) is 5.91 Å². The topological polar surface area (TPSA) is 77.8 Å². The standard InChI is InChI=1S/C15H18FNO4/c16-11-2-1-3-12(18)14(11)15(21)17-8-6-10(7-9-17)4-5-13(19)20/h1-3,10,18H,4-9H2,(H,19,20). The maximum Gasteiger partial charge on any atom is 0.303 e. The summed E-state index contributed by atoms with van der Waals surface area (Å²) in [5.41, 5.74) is -0.290. The second-order valence-electron chi connectivity index (χ2n) is 5.30. The molecule has 21 heavy (non-hydrogen) atoms. The Morgan fingerprint density at radius 2 is 1.95 bits per heavy atom. The van der Waals surface area contributed by atoms with Crippen LogP contribution in [0, 0.1) is 11.7 Å². The van der Waals surface area contributed by atoms with Gasteiger partial charge in [-0.05, 0) is 37.3 Å². The second kappa shape index (κ2) is 6.56. The number of piperidine rings is 1. The zero-order chi connectivity index (χ0) is 15.4. The highest BCUT2D eigenvalue weighted by molar-refractivity contribution is 5.97. The van der Waals surface area contributed by atoms with Crippen LogP contribution in [0.15, 0.2) is 18.2 Å². The molecule has 1 saturated heterocycles. The lowest BCUT2D eigenvalue weighted by atomic mass is 9.92. The number of hydrogen-bond donors (Lipinski definition) is 2. The molecule has 0 aromatic heterocycles. The fourth-order valence-electron chi connectivity index (χ4n) is 2.63. The number of likely N-dealkylation sites (tertiary alicyclic amines) is 1. The summed E-state index contributed by atoms with van der Waals surface area (Å²) in [6, 6.07) is 3.78. The normalized spacial score (nSPS) is 16.0. The van der Waals surface area contributed by atoms with Crippen molar-refractivity contribution in [2.75, 3.05) is 13.1 Å². The third-order valence-corrected chi connectivity index (χ3v) is 3.87. The van der Waals surface area contributed by atoms with Gasteiger partial charge >= 0.3 is 5.97 Å². The Morgan fingerprint density at radius 3 is 2.52 bits per heavy atom. The predicted octanol–water partition coefficient (Wildman–Crippen LogP) is 2.25. The molecule has 0 bridgehead atoms. The molecular weight excluding hydrogens is 277 g/mol. The molecule has 1 aliphatic rings. The minimum absolute atomic E-state index is 0.132. The van der Waals surface area contributed by atoms with Gasteiger partial charge in [0.1, 0.15) is 17.1 Å². The van der Waals surface area contributed by atoms with Crippen LogP contribution in [-0.4, -0.2) is 40.1 Å². The molecule has 1 fully saturated rings. The summed E-state index contributed by atoms with van der Waals surface area (Å²) < 4.78 is 13.7. The molecule has 0 aliphatic carbocycles. The van der Waals surface area contributed by atoms with Gasteiger partial charge in [-0.1, -0.05) is 6.07 Å². The highest BCUT2D eigenvalue weighted by Gasteiger charge is 2.27. The number of aliphatic carboxylic acids is 1. The second-order valence-corrected chi connectivity index (χ2v) is 5.30. The van der Waals surface area contributed by atoms with Crippen LogP contribution in [0.2, 0.25) is 0 Å². The minimum atomic E-state index is -0.815. The Kier molecular flexibility index (Phi) is 4.77. The summed E-state index contributed by atoms with van der Waals surface area (Å²) in [6.45, 7) is 0.911. The fraction of sp³-hybridized carbons (Fsp3) is 0.467. The highest BCUT2D eigenvalue weighted by Crippen LogP contribution is 2.26. The molecule has 114 valence electrons. The largest absolute Gasteiger partial charge is 0.507 e. The van der Waals surface area contributed by atoms with Crippen LogP contribution < -0.4 is 0 Å². The Balaban J connectivity index is 1.96. The van der Waals surface area contributed by atoms with E-state index in [1.54, 1.807) is 0 Å². The quantitative estimate of drug-likeness (QED) is 0.893. The fourth-order valence-corrected chi connectivity index (χ4v) is 2.63. The molecule has 2 rings (SSSR count). The van der Waals surface area contributed by atoms with Crippen molar-refractivity contribution in [3.8, 4) is 5.75 Å². The Hall–Kier alpha value is -2.11. The van der Waals surface area contributed by atoms with Crippen LogP contribution in [0.4, 0.5) is 4.39 Å². The number of phenols is 1. The van der Waals surface area contributed by atoms with Crippen molar-refractivity contribution in [3.63, 3.8) is 0 Å². The van der Waals surface area contributed by atoms with Gasteiger partial charge in [-0.3, -0.25) is 9.59 Å². The summed E-state index contributed by atoms with van der Waals surface area (Å²) in [5.74, 6) is -2.13. The van der Waals surface area contributed by atoms with Gasteiger partial charge in [0.05, 0.1) is 0 Å². The summed E-state index contributed by atoms with van der Waals surface area (Å²) in [6.07, 6.45) is 2.14. The first-order valence-corrected chi connectivity index (χ1v) is 6.97. The van der Waals surface area contributed by atoms with Crippen molar-refractivity contribution >= 4 is 11.9 Å².